The molecule has 2 aliphatic rings. The third-order valence-corrected chi connectivity index (χ3v) is 7.81. The molecule has 12 heteroatoms. The number of nitriles is 1. The van der Waals surface area contributed by atoms with Crippen LogP contribution in [-0.2, 0) is 9.53 Å². The van der Waals surface area contributed by atoms with Gasteiger partial charge in [-0.2, -0.15) is 18.4 Å². The van der Waals surface area contributed by atoms with Gasteiger partial charge < -0.3 is 19.4 Å². The number of amides is 2. The number of rotatable bonds is 7. The number of hydrogen-bond acceptors (Lipinski definition) is 6. The summed E-state index contributed by atoms with van der Waals surface area (Å²) >= 11 is 6.07. The van der Waals surface area contributed by atoms with Crippen LogP contribution in [0.4, 0.5) is 23.8 Å². The Bertz CT molecular complexity index is 1210. The summed E-state index contributed by atoms with van der Waals surface area (Å²) < 4.78 is 42.5. The van der Waals surface area contributed by atoms with Crippen molar-refractivity contribution in [3.8, 4) is 6.07 Å². The maximum absolute atomic E-state index is 13.6. The highest BCUT2D eigenvalue weighted by Crippen LogP contribution is 2.34. The molecule has 40 heavy (non-hydrogen) atoms. The van der Waals surface area contributed by atoms with Gasteiger partial charge in [0.2, 0.25) is 5.91 Å². The van der Waals surface area contributed by atoms with Gasteiger partial charge in [0.25, 0.3) is 0 Å². The number of hydrogen-bond donors (Lipinski definition) is 0. The molecule has 214 valence electrons. The van der Waals surface area contributed by atoms with Gasteiger partial charge in [-0.3, -0.25) is 4.79 Å². The van der Waals surface area contributed by atoms with E-state index in [1.54, 1.807) is 36.2 Å². The highest BCUT2D eigenvalue weighted by atomic mass is 35.5. The van der Waals surface area contributed by atoms with Crippen LogP contribution in [0.1, 0.15) is 42.7 Å². The molecule has 8 nitrogen and oxygen atoms in total. The number of pyridine rings is 1. The van der Waals surface area contributed by atoms with Crippen LogP contribution >= 0.6 is 11.6 Å². The van der Waals surface area contributed by atoms with E-state index in [4.69, 9.17) is 21.6 Å². The van der Waals surface area contributed by atoms with E-state index in [1.807, 2.05) is 12.1 Å². The molecule has 2 saturated heterocycles. The molecule has 1 aromatic heterocycles. The minimum absolute atomic E-state index is 0.0147. The number of anilines is 1. The molecule has 0 radical (unpaired) electrons. The number of likely N-dealkylation sites (tertiary alicyclic amines) is 1. The van der Waals surface area contributed by atoms with Crippen LogP contribution in [0.15, 0.2) is 42.6 Å². The van der Waals surface area contributed by atoms with Gasteiger partial charge in [-0.15, -0.1) is 0 Å². The van der Waals surface area contributed by atoms with Gasteiger partial charge in [-0.1, -0.05) is 23.7 Å². The summed E-state index contributed by atoms with van der Waals surface area (Å²) in [6.45, 7) is 1.65. The van der Waals surface area contributed by atoms with E-state index in [-0.39, 0.29) is 37.3 Å². The predicted octanol–water partition coefficient (Wildman–Crippen LogP) is 5.23. The van der Waals surface area contributed by atoms with E-state index < -0.39 is 24.7 Å². The first kappa shape index (κ1) is 29.5. The number of likely N-dealkylation sites (N-methyl/N-ethyl adjacent to an activating group) is 1. The molecule has 2 amide bonds. The summed E-state index contributed by atoms with van der Waals surface area (Å²) in [4.78, 5) is 35.9. The lowest BCUT2D eigenvalue weighted by Crippen LogP contribution is -2.44. The summed E-state index contributed by atoms with van der Waals surface area (Å²) in [5, 5.41) is 9.54. The Kier molecular flexibility index (Phi) is 9.40. The van der Waals surface area contributed by atoms with E-state index in [0.717, 1.165) is 11.4 Å². The molecule has 2 aliphatic heterocycles. The molecule has 0 aliphatic carbocycles. The van der Waals surface area contributed by atoms with Crippen molar-refractivity contribution in [1.29, 1.82) is 5.26 Å². The fourth-order valence-electron chi connectivity index (χ4n) is 5.32. The number of piperidine rings is 1. The number of benzene rings is 1. The van der Waals surface area contributed by atoms with Crippen molar-refractivity contribution in [2.24, 2.45) is 5.92 Å². The molecule has 4 rings (SSSR count). The van der Waals surface area contributed by atoms with Crippen LogP contribution in [0.25, 0.3) is 0 Å². The van der Waals surface area contributed by atoms with Crippen LogP contribution < -0.4 is 4.90 Å². The molecule has 2 atom stereocenters. The number of alkyl halides is 3. The van der Waals surface area contributed by atoms with E-state index in [1.165, 1.54) is 11.1 Å². The quantitative estimate of drug-likeness (QED) is 0.419. The van der Waals surface area contributed by atoms with Crippen molar-refractivity contribution < 1.29 is 27.5 Å². The smallest absolute Gasteiger partial charge is 0.409 e. The number of carbonyl (C=O) groups excluding carboxylic acids is 2. The SMILES string of the molecule is CN(C(=O)OCCCC(F)(F)F)C1CN(C(=O)C2CCN(c3ccc(C#N)cn3)CC2)CC1c1ccc(Cl)cc1. The zero-order valence-corrected chi connectivity index (χ0v) is 22.9. The maximum Gasteiger partial charge on any atom is 0.409 e. The molecular weight excluding hydrogens is 547 g/mol. The van der Waals surface area contributed by atoms with Crippen molar-refractivity contribution >= 4 is 29.4 Å². The first-order valence-electron chi connectivity index (χ1n) is 13.2. The number of nitrogens with zero attached hydrogens (tertiary/aromatic N) is 5. The summed E-state index contributed by atoms with van der Waals surface area (Å²) in [5.41, 5.74) is 1.39. The average molecular weight is 578 g/mol. The van der Waals surface area contributed by atoms with Crippen molar-refractivity contribution in [1.82, 2.24) is 14.8 Å². The van der Waals surface area contributed by atoms with Gasteiger partial charge in [-0.25, -0.2) is 9.78 Å². The Balaban J connectivity index is 1.40. The molecule has 0 saturated carbocycles. The Hall–Kier alpha value is -3.52. The summed E-state index contributed by atoms with van der Waals surface area (Å²) in [6.07, 6.45) is -3.54. The van der Waals surface area contributed by atoms with Gasteiger partial charge in [-0.05, 0) is 49.1 Å². The highest BCUT2D eigenvalue weighted by Gasteiger charge is 2.42. The number of ether oxygens (including phenoxy) is 1. The van der Waals surface area contributed by atoms with E-state index in [0.29, 0.717) is 43.1 Å². The summed E-state index contributed by atoms with van der Waals surface area (Å²) in [7, 11) is 1.55. The van der Waals surface area contributed by atoms with Crippen LogP contribution in [-0.4, -0.2) is 78.8 Å². The number of halogens is 4. The Morgan fingerprint density at radius 1 is 1.15 bits per heavy atom. The molecule has 2 aromatic rings. The topological polar surface area (TPSA) is 89.8 Å². The third-order valence-electron chi connectivity index (χ3n) is 7.56. The van der Waals surface area contributed by atoms with Gasteiger partial charge in [0.05, 0.1) is 18.2 Å². The second-order valence-corrected chi connectivity index (χ2v) is 10.6. The normalized spacial score (nSPS) is 19.8. The lowest BCUT2D eigenvalue weighted by molar-refractivity contribution is -0.137. The Morgan fingerprint density at radius 2 is 1.85 bits per heavy atom. The molecule has 2 unspecified atom stereocenters. The lowest BCUT2D eigenvalue weighted by atomic mass is 9.93. The lowest BCUT2D eigenvalue weighted by Gasteiger charge is -2.34. The minimum atomic E-state index is -4.31. The number of aromatic nitrogens is 1. The molecule has 3 heterocycles. The zero-order chi connectivity index (χ0) is 28.9. The largest absolute Gasteiger partial charge is 0.449 e. The van der Waals surface area contributed by atoms with Gasteiger partial charge in [0.1, 0.15) is 11.9 Å². The van der Waals surface area contributed by atoms with Gasteiger partial charge in [0.15, 0.2) is 0 Å². The third kappa shape index (κ3) is 7.36. The van der Waals surface area contributed by atoms with Crippen molar-refractivity contribution in [2.45, 2.75) is 43.8 Å². The van der Waals surface area contributed by atoms with Crippen LogP contribution in [0, 0.1) is 17.2 Å². The zero-order valence-electron chi connectivity index (χ0n) is 22.1. The van der Waals surface area contributed by atoms with Gasteiger partial charge >= 0.3 is 12.3 Å². The minimum Gasteiger partial charge on any atom is -0.449 e. The van der Waals surface area contributed by atoms with Crippen LogP contribution in [0.2, 0.25) is 5.02 Å². The van der Waals surface area contributed by atoms with Crippen molar-refractivity contribution in [3.05, 3.63) is 58.7 Å². The van der Waals surface area contributed by atoms with Crippen molar-refractivity contribution in [3.63, 3.8) is 0 Å². The molecular formula is C28H31ClF3N5O3. The van der Waals surface area contributed by atoms with Crippen molar-refractivity contribution in [2.75, 3.05) is 44.7 Å². The first-order valence-corrected chi connectivity index (χ1v) is 13.5. The molecule has 0 spiro atoms. The Morgan fingerprint density at radius 3 is 2.45 bits per heavy atom. The molecule has 2 fully saturated rings. The highest BCUT2D eigenvalue weighted by molar-refractivity contribution is 6.30. The van der Waals surface area contributed by atoms with E-state index >= 15 is 0 Å². The predicted molar refractivity (Wildman–Crippen MR) is 143 cm³/mol. The van der Waals surface area contributed by atoms with Gasteiger partial charge in [0, 0.05) is 62.7 Å². The maximum atomic E-state index is 13.6. The average Bonchev–Trinajstić information content (AvgIpc) is 3.40. The Labute approximate surface area is 236 Å². The molecule has 0 bridgehead atoms. The summed E-state index contributed by atoms with van der Waals surface area (Å²) in [6, 6.07) is 12.4. The van der Waals surface area contributed by atoms with E-state index in [9.17, 15) is 22.8 Å². The van der Waals surface area contributed by atoms with E-state index in [2.05, 4.69) is 16.0 Å². The fraction of sp³-hybridized carbons (Fsp3) is 0.500. The molecule has 0 N–H and O–H groups in total. The fourth-order valence-corrected chi connectivity index (χ4v) is 5.44. The molecule has 1 aromatic carbocycles. The standard InChI is InChI=1S/C28H31ClF3N5O3/c1-35(27(39)40-14-2-11-28(30,31)32)24-18-37(17-23(24)20-4-6-22(29)7-5-20)26(38)21-9-12-36(13-10-21)25-8-3-19(15-33)16-34-25/h3-8,16,21,23-24H,2,9-14,17-18H2,1H3. The summed E-state index contributed by atoms with van der Waals surface area (Å²) in [5.74, 6) is 0.390. The van der Waals surface area contributed by atoms with Crippen LogP contribution in [0.5, 0.6) is 0 Å². The second-order valence-electron chi connectivity index (χ2n) is 10.2. The first-order chi connectivity index (χ1) is 19.1. The number of carbonyl (C=O) groups is 2. The van der Waals surface area contributed by atoms with Crippen LogP contribution in [0.3, 0.4) is 0 Å². The second kappa shape index (κ2) is 12.8. The monoisotopic (exact) mass is 577 g/mol.